The molecular formula is C15H13BrN2O3. The number of benzene rings is 2. The number of hydrogen-bond acceptors (Lipinski definition) is 3. The van der Waals surface area contributed by atoms with Crippen LogP contribution in [0.3, 0.4) is 0 Å². The number of nitro groups is 1. The summed E-state index contributed by atoms with van der Waals surface area (Å²) < 4.78 is 0. The lowest BCUT2D eigenvalue weighted by atomic mass is 10.1. The molecule has 6 heteroatoms. The SMILES string of the molecule is O=C(Nc1ccc(CCBr)cc1)c1cccc([N+](=O)[O-])c1. The number of nitrogens with zero attached hydrogens (tertiary/aromatic N) is 1. The van der Waals surface area contributed by atoms with E-state index in [4.69, 9.17) is 0 Å². The Hall–Kier alpha value is -2.21. The van der Waals surface area contributed by atoms with E-state index < -0.39 is 4.92 Å². The number of alkyl halides is 1. The van der Waals surface area contributed by atoms with Gasteiger partial charge in [-0.1, -0.05) is 34.1 Å². The van der Waals surface area contributed by atoms with Crippen LogP contribution in [0.15, 0.2) is 48.5 Å². The number of carbonyl (C=O) groups excluding carboxylic acids is 1. The molecule has 0 aliphatic carbocycles. The van der Waals surface area contributed by atoms with Crippen molar-refractivity contribution in [3.8, 4) is 0 Å². The predicted octanol–water partition coefficient (Wildman–Crippen LogP) is 3.78. The number of amides is 1. The van der Waals surface area contributed by atoms with Crippen molar-refractivity contribution in [3.63, 3.8) is 0 Å². The highest BCUT2D eigenvalue weighted by Crippen LogP contribution is 2.16. The minimum Gasteiger partial charge on any atom is -0.322 e. The molecule has 0 saturated heterocycles. The average Bonchev–Trinajstić information content (AvgIpc) is 2.49. The number of nitro benzene ring substituents is 1. The van der Waals surface area contributed by atoms with E-state index in [1.54, 1.807) is 6.07 Å². The molecule has 0 fully saturated rings. The van der Waals surface area contributed by atoms with Crippen molar-refractivity contribution in [2.24, 2.45) is 0 Å². The Morgan fingerprint density at radius 1 is 1.19 bits per heavy atom. The van der Waals surface area contributed by atoms with Crippen LogP contribution in [0.2, 0.25) is 0 Å². The van der Waals surface area contributed by atoms with Gasteiger partial charge in [0, 0.05) is 28.7 Å². The van der Waals surface area contributed by atoms with Gasteiger partial charge < -0.3 is 5.32 Å². The minimum absolute atomic E-state index is 0.102. The smallest absolute Gasteiger partial charge is 0.270 e. The number of aryl methyl sites for hydroxylation is 1. The first kappa shape index (κ1) is 15.2. The van der Waals surface area contributed by atoms with Crippen molar-refractivity contribution in [1.82, 2.24) is 0 Å². The monoisotopic (exact) mass is 348 g/mol. The standard InChI is InChI=1S/C15H13BrN2O3/c16-9-8-11-4-6-13(7-5-11)17-15(19)12-2-1-3-14(10-12)18(20)21/h1-7,10H,8-9H2,(H,17,19). The number of anilines is 1. The Balaban J connectivity index is 2.10. The maximum Gasteiger partial charge on any atom is 0.270 e. The van der Waals surface area contributed by atoms with Crippen LogP contribution in [0.5, 0.6) is 0 Å². The number of carbonyl (C=O) groups is 1. The zero-order valence-corrected chi connectivity index (χ0v) is 12.7. The molecule has 21 heavy (non-hydrogen) atoms. The first-order chi connectivity index (χ1) is 10.1. The Bertz CT molecular complexity index is 656. The Morgan fingerprint density at radius 3 is 2.52 bits per heavy atom. The molecule has 1 N–H and O–H groups in total. The molecule has 5 nitrogen and oxygen atoms in total. The van der Waals surface area contributed by atoms with Gasteiger partial charge in [-0.15, -0.1) is 0 Å². The lowest BCUT2D eigenvalue weighted by Gasteiger charge is -2.06. The number of non-ortho nitro benzene ring substituents is 1. The van der Waals surface area contributed by atoms with E-state index in [0.717, 1.165) is 11.8 Å². The second-order valence-corrected chi connectivity index (χ2v) is 5.19. The van der Waals surface area contributed by atoms with Crippen molar-refractivity contribution in [1.29, 1.82) is 0 Å². The van der Waals surface area contributed by atoms with Gasteiger partial charge in [0.1, 0.15) is 0 Å². The third kappa shape index (κ3) is 4.13. The lowest BCUT2D eigenvalue weighted by Crippen LogP contribution is -2.12. The topological polar surface area (TPSA) is 72.2 Å². The highest BCUT2D eigenvalue weighted by atomic mass is 79.9. The Labute approximate surface area is 130 Å². The molecular weight excluding hydrogens is 336 g/mol. The van der Waals surface area contributed by atoms with E-state index in [1.807, 2.05) is 24.3 Å². The van der Waals surface area contributed by atoms with Crippen molar-refractivity contribution in [2.45, 2.75) is 6.42 Å². The van der Waals surface area contributed by atoms with Gasteiger partial charge in [-0.2, -0.15) is 0 Å². The van der Waals surface area contributed by atoms with Crippen molar-refractivity contribution >= 4 is 33.2 Å². The summed E-state index contributed by atoms with van der Waals surface area (Å²) in [7, 11) is 0. The summed E-state index contributed by atoms with van der Waals surface area (Å²) in [6.07, 6.45) is 0.916. The molecule has 0 saturated carbocycles. The van der Waals surface area contributed by atoms with E-state index in [9.17, 15) is 14.9 Å². The van der Waals surface area contributed by atoms with E-state index in [1.165, 1.54) is 23.8 Å². The van der Waals surface area contributed by atoms with E-state index in [0.29, 0.717) is 5.69 Å². The molecule has 0 heterocycles. The molecule has 2 aromatic rings. The van der Waals surface area contributed by atoms with Crippen LogP contribution in [-0.4, -0.2) is 16.2 Å². The van der Waals surface area contributed by atoms with Crippen LogP contribution in [-0.2, 0) is 6.42 Å². The van der Waals surface area contributed by atoms with E-state index in [2.05, 4.69) is 21.2 Å². The number of rotatable bonds is 5. The van der Waals surface area contributed by atoms with Gasteiger partial charge in [0.2, 0.25) is 0 Å². The first-order valence-corrected chi connectivity index (χ1v) is 7.43. The molecule has 0 unspecified atom stereocenters. The molecule has 2 rings (SSSR count). The predicted molar refractivity (Wildman–Crippen MR) is 85.0 cm³/mol. The molecule has 0 atom stereocenters. The average molecular weight is 349 g/mol. The fourth-order valence-corrected chi connectivity index (χ4v) is 2.29. The molecule has 0 spiro atoms. The van der Waals surface area contributed by atoms with Crippen LogP contribution < -0.4 is 5.32 Å². The van der Waals surface area contributed by atoms with Gasteiger partial charge in [0.15, 0.2) is 0 Å². The molecule has 2 aromatic carbocycles. The molecule has 0 radical (unpaired) electrons. The summed E-state index contributed by atoms with van der Waals surface area (Å²) in [5.41, 5.74) is 1.98. The summed E-state index contributed by atoms with van der Waals surface area (Å²) in [4.78, 5) is 22.2. The highest BCUT2D eigenvalue weighted by molar-refractivity contribution is 9.09. The van der Waals surface area contributed by atoms with Crippen LogP contribution in [0, 0.1) is 10.1 Å². The molecule has 1 amide bonds. The zero-order valence-electron chi connectivity index (χ0n) is 11.1. The van der Waals surface area contributed by atoms with Crippen LogP contribution in [0.1, 0.15) is 15.9 Å². The molecule has 0 aromatic heterocycles. The van der Waals surface area contributed by atoms with Gasteiger partial charge in [0.25, 0.3) is 11.6 Å². The van der Waals surface area contributed by atoms with Gasteiger partial charge >= 0.3 is 0 Å². The Morgan fingerprint density at radius 2 is 1.90 bits per heavy atom. The van der Waals surface area contributed by atoms with Gasteiger partial charge in [-0.25, -0.2) is 0 Å². The number of nitrogens with one attached hydrogen (secondary N) is 1. The zero-order chi connectivity index (χ0) is 15.2. The molecule has 0 aliphatic heterocycles. The summed E-state index contributed by atoms with van der Waals surface area (Å²) in [6.45, 7) is 0. The van der Waals surface area contributed by atoms with Gasteiger partial charge in [-0.3, -0.25) is 14.9 Å². The summed E-state index contributed by atoms with van der Waals surface area (Å²) in [5.74, 6) is -0.369. The third-order valence-electron chi connectivity index (χ3n) is 2.91. The minimum atomic E-state index is -0.522. The second-order valence-electron chi connectivity index (χ2n) is 4.40. The van der Waals surface area contributed by atoms with Crippen molar-refractivity contribution in [2.75, 3.05) is 10.6 Å². The summed E-state index contributed by atoms with van der Waals surface area (Å²) >= 11 is 3.37. The van der Waals surface area contributed by atoms with Crippen LogP contribution >= 0.6 is 15.9 Å². The van der Waals surface area contributed by atoms with Crippen LogP contribution in [0.4, 0.5) is 11.4 Å². The first-order valence-electron chi connectivity index (χ1n) is 6.31. The normalized spacial score (nSPS) is 10.1. The molecule has 0 aliphatic rings. The van der Waals surface area contributed by atoms with Gasteiger partial charge in [0.05, 0.1) is 4.92 Å². The van der Waals surface area contributed by atoms with Gasteiger partial charge in [-0.05, 0) is 30.2 Å². The Kier molecular flexibility index (Phi) is 5.05. The molecule has 108 valence electrons. The largest absolute Gasteiger partial charge is 0.322 e. The van der Waals surface area contributed by atoms with Crippen molar-refractivity contribution in [3.05, 3.63) is 69.8 Å². The highest BCUT2D eigenvalue weighted by Gasteiger charge is 2.11. The summed E-state index contributed by atoms with van der Waals surface area (Å²) in [6, 6.07) is 13.1. The third-order valence-corrected chi connectivity index (χ3v) is 3.31. The summed E-state index contributed by atoms with van der Waals surface area (Å²) in [5, 5.41) is 14.3. The van der Waals surface area contributed by atoms with Crippen molar-refractivity contribution < 1.29 is 9.72 Å². The fraction of sp³-hybridized carbons (Fsp3) is 0.133. The van der Waals surface area contributed by atoms with E-state index in [-0.39, 0.29) is 17.2 Å². The van der Waals surface area contributed by atoms with E-state index >= 15 is 0 Å². The number of halogens is 1. The maximum atomic E-state index is 12.1. The molecule has 0 bridgehead atoms. The van der Waals surface area contributed by atoms with Crippen LogP contribution in [0.25, 0.3) is 0 Å². The maximum absolute atomic E-state index is 12.1. The quantitative estimate of drug-likeness (QED) is 0.507. The second kappa shape index (κ2) is 6.99. The fourth-order valence-electron chi connectivity index (χ4n) is 1.83. The number of hydrogen-bond donors (Lipinski definition) is 1. The lowest BCUT2D eigenvalue weighted by molar-refractivity contribution is -0.384.